The molecule has 0 amide bonds. The Hall–Kier alpha value is -2.75. The highest BCUT2D eigenvalue weighted by Crippen LogP contribution is 2.27. The second kappa shape index (κ2) is 6.04. The van der Waals surface area contributed by atoms with Crippen molar-refractivity contribution in [2.45, 2.75) is 32.8 Å². The predicted molar refractivity (Wildman–Crippen MR) is 94.5 cm³/mol. The van der Waals surface area contributed by atoms with Crippen molar-refractivity contribution in [1.29, 1.82) is 0 Å². The molecule has 124 valence electrons. The van der Waals surface area contributed by atoms with Crippen LogP contribution in [0.3, 0.4) is 0 Å². The van der Waals surface area contributed by atoms with Gasteiger partial charge in [-0.25, -0.2) is 4.79 Å². The van der Waals surface area contributed by atoms with Crippen molar-refractivity contribution < 1.29 is 14.6 Å². The zero-order valence-corrected chi connectivity index (χ0v) is 14.1. The second-order valence-corrected chi connectivity index (χ2v) is 6.83. The molecule has 1 aromatic heterocycles. The lowest BCUT2D eigenvalue weighted by atomic mass is 10.0. The molecule has 0 saturated carbocycles. The first-order valence-corrected chi connectivity index (χ1v) is 7.94. The summed E-state index contributed by atoms with van der Waals surface area (Å²) in [4.78, 5) is 12.5. The monoisotopic (exact) mass is 323 g/mol. The lowest BCUT2D eigenvalue weighted by Gasteiger charge is -2.19. The van der Waals surface area contributed by atoms with Crippen LogP contribution in [0.15, 0.2) is 54.7 Å². The average molecular weight is 323 g/mol. The quantitative estimate of drug-likeness (QED) is 0.742. The van der Waals surface area contributed by atoms with Gasteiger partial charge in [-0.1, -0.05) is 36.4 Å². The molecule has 0 fully saturated rings. The zero-order valence-electron chi connectivity index (χ0n) is 14.1. The van der Waals surface area contributed by atoms with Crippen LogP contribution in [0.4, 0.5) is 4.79 Å². The molecule has 0 aliphatic heterocycles. The topological polar surface area (TPSA) is 51.5 Å². The summed E-state index contributed by atoms with van der Waals surface area (Å²) >= 11 is 0. The summed E-state index contributed by atoms with van der Waals surface area (Å²) in [5, 5.41) is 11.0. The van der Waals surface area contributed by atoms with Crippen molar-refractivity contribution in [2.75, 3.05) is 0 Å². The van der Waals surface area contributed by atoms with Crippen molar-refractivity contribution in [3.63, 3.8) is 0 Å². The number of aromatic nitrogens is 1. The van der Waals surface area contributed by atoms with Crippen molar-refractivity contribution in [2.24, 2.45) is 0 Å². The molecule has 0 saturated heterocycles. The number of carbonyl (C=O) groups excluding carboxylic acids is 1. The van der Waals surface area contributed by atoms with Crippen LogP contribution in [-0.2, 0) is 11.2 Å². The molecule has 0 spiro atoms. The smallest absolute Gasteiger partial charge is 0.419 e. The molecule has 3 rings (SSSR count). The molecule has 4 heteroatoms. The maximum atomic E-state index is 12.5. The van der Waals surface area contributed by atoms with Crippen LogP contribution in [0.25, 0.3) is 10.9 Å². The molecule has 4 nitrogen and oxygen atoms in total. The molecule has 3 aromatic rings. The summed E-state index contributed by atoms with van der Waals surface area (Å²) in [6.45, 7) is 5.54. The largest absolute Gasteiger partial charge is 0.508 e. The number of ether oxygens (including phenoxy) is 1. The van der Waals surface area contributed by atoms with Crippen LogP contribution in [0, 0.1) is 0 Å². The normalized spacial score (nSPS) is 11.6. The third-order valence-electron chi connectivity index (χ3n) is 3.76. The molecule has 0 radical (unpaired) electrons. The summed E-state index contributed by atoms with van der Waals surface area (Å²) < 4.78 is 7.03. The van der Waals surface area contributed by atoms with Gasteiger partial charge in [-0.3, -0.25) is 4.57 Å². The Morgan fingerprint density at radius 3 is 2.42 bits per heavy atom. The first kappa shape index (κ1) is 16.1. The Kier molecular flexibility index (Phi) is 4.06. The van der Waals surface area contributed by atoms with E-state index >= 15 is 0 Å². The number of carbonyl (C=O) groups is 1. The molecule has 1 N–H and O–H groups in total. The van der Waals surface area contributed by atoms with Crippen LogP contribution >= 0.6 is 0 Å². The number of hydrogen-bond donors (Lipinski definition) is 1. The molecular weight excluding hydrogens is 302 g/mol. The van der Waals surface area contributed by atoms with E-state index in [4.69, 9.17) is 4.74 Å². The summed E-state index contributed by atoms with van der Waals surface area (Å²) in [5.74, 6) is 0.256. The first-order chi connectivity index (χ1) is 11.3. The van der Waals surface area contributed by atoms with Crippen molar-refractivity contribution in [3.8, 4) is 5.75 Å². The van der Waals surface area contributed by atoms with Gasteiger partial charge in [0.15, 0.2) is 0 Å². The summed E-state index contributed by atoms with van der Waals surface area (Å²) in [6, 6.07) is 14.9. The highest BCUT2D eigenvalue weighted by molar-refractivity contribution is 5.92. The number of benzene rings is 2. The Bertz CT molecular complexity index is 887. The van der Waals surface area contributed by atoms with E-state index in [9.17, 15) is 9.90 Å². The Balaban J connectivity index is 2.04. The SMILES string of the molecule is CC(C)(C)OC(=O)n1cc(Cc2ccccc2O)c2ccccc21. The van der Waals surface area contributed by atoms with Gasteiger partial charge in [0.05, 0.1) is 5.52 Å². The number of para-hydroxylation sites is 2. The molecular formula is C20H21NO3. The van der Waals surface area contributed by atoms with Crippen LogP contribution in [0.1, 0.15) is 31.9 Å². The molecule has 0 aliphatic rings. The number of hydrogen-bond acceptors (Lipinski definition) is 3. The van der Waals surface area contributed by atoms with Gasteiger partial charge in [0.2, 0.25) is 0 Å². The zero-order chi connectivity index (χ0) is 17.3. The van der Waals surface area contributed by atoms with E-state index in [2.05, 4.69) is 0 Å². The van der Waals surface area contributed by atoms with E-state index in [-0.39, 0.29) is 5.75 Å². The van der Waals surface area contributed by atoms with E-state index in [1.807, 2.05) is 57.2 Å². The summed E-state index contributed by atoms with van der Waals surface area (Å²) in [6.07, 6.45) is 1.94. The lowest BCUT2D eigenvalue weighted by Crippen LogP contribution is -2.26. The first-order valence-electron chi connectivity index (χ1n) is 7.94. The molecule has 0 unspecified atom stereocenters. The minimum absolute atomic E-state index is 0.256. The minimum atomic E-state index is -0.555. The molecule has 0 aliphatic carbocycles. The van der Waals surface area contributed by atoms with E-state index in [0.29, 0.717) is 6.42 Å². The van der Waals surface area contributed by atoms with E-state index < -0.39 is 11.7 Å². The van der Waals surface area contributed by atoms with Gasteiger partial charge in [-0.05, 0) is 44.0 Å². The summed E-state index contributed by atoms with van der Waals surface area (Å²) in [5.41, 5.74) is 2.04. The standard InChI is InChI=1S/C20H21NO3/c1-20(2,3)24-19(23)21-13-15(16-9-5-6-10-17(16)21)12-14-8-4-7-11-18(14)22/h4-11,13,22H,12H2,1-3H3. The fourth-order valence-electron chi connectivity index (χ4n) is 2.72. The van der Waals surface area contributed by atoms with Gasteiger partial charge in [0.1, 0.15) is 11.4 Å². The molecule has 24 heavy (non-hydrogen) atoms. The van der Waals surface area contributed by atoms with Gasteiger partial charge in [0, 0.05) is 18.0 Å². The number of rotatable bonds is 2. The molecule has 1 heterocycles. The number of phenols is 1. The number of aromatic hydroxyl groups is 1. The van der Waals surface area contributed by atoms with Crippen molar-refractivity contribution in [1.82, 2.24) is 4.57 Å². The second-order valence-electron chi connectivity index (χ2n) is 6.83. The van der Waals surface area contributed by atoms with Gasteiger partial charge in [-0.2, -0.15) is 0 Å². The van der Waals surface area contributed by atoms with Crippen LogP contribution in [0.5, 0.6) is 5.75 Å². The van der Waals surface area contributed by atoms with Crippen molar-refractivity contribution in [3.05, 3.63) is 65.9 Å². The number of fused-ring (bicyclic) bond motifs is 1. The maximum absolute atomic E-state index is 12.5. The van der Waals surface area contributed by atoms with Gasteiger partial charge in [0.25, 0.3) is 0 Å². The van der Waals surface area contributed by atoms with Crippen LogP contribution in [0.2, 0.25) is 0 Å². The van der Waals surface area contributed by atoms with Crippen molar-refractivity contribution >= 4 is 17.0 Å². The van der Waals surface area contributed by atoms with E-state index in [1.54, 1.807) is 18.3 Å². The van der Waals surface area contributed by atoms with E-state index in [1.165, 1.54) is 4.57 Å². The van der Waals surface area contributed by atoms with Crippen LogP contribution < -0.4 is 0 Å². The fourth-order valence-corrected chi connectivity index (χ4v) is 2.72. The number of phenolic OH excluding ortho intramolecular Hbond substituents is 1. The Morgan fingerprint density at radius 2 is 1.71 bits per heavy atom. The predicted octanol–water partition coefficient (Wildman–Crippen LogP) is 4.72. The third-order valence-corrected chi connectivity index (χ3v) is 3.76. The minimum Gasteiger partial charge on any atom is -0.508 e. The van der Waals surface area contributed by atoms with Gasteiger partial charge < -0.3 is 9.84 Å². The van der Waals surface area contributed by atoms with Gasteiger partial charge >= 0.3 is 6.09 Å². The Morgan fingerprint density at radius 1 is 1.04 bits per heavy atom. The Labute approximate surface area is 141 Å². The maximum Gasteiger partial charge on any atom is 0.419 e. The molecule has 0 atom stereocenters. The molecule has 2 aromatic carbocycles. The highest BCUT2D eigenvalue weighted by Gasteiger charge is 2.20. The van der Waals surface area contributed by atoms with E-state index in [0.717, 1.165) is 22.0 Å². The summed E-state index contributed by atoms with van der Waals surface area (Å²) in [7, 11) is 0. The van der Waals surface area contributed by atoms with Gasteiger partial charge in [-0.15, -0.1) is 0 Å². The lowest BCUT2D eigenvalue weighted by molar-refractivity contribution is 0.0544. The highest BCUT2D eigenvalue weighted by atomic mass is 16.6. The average Bonchev–Trinajstić information content (AvgIpc) is 2.87. The third kappa shape index (κ3) is 3.27. The fraction of sp³-hybridized carbons (Fsp3) is 0.250. The molecule has 0 bridgehead atoms. The number of nitrogens with zero attached hydrogens (tertiary/aromatic N) is 1. The van der Waals surface area contributed by atoms with Crippen LogP contribution in [-0.4, -0.2) is 21.4 Å².